The van der Waals surface area contributed by atoms with Crippen LogP contribution in [0.2, 0.25) is 0 Å². The zero-order valence-electron chi connectivity index (χ0n) is 12.2. The maximum Gasteiger partial charge on any atom is 0.430 e. The fraction of sp³-hybridized carbons (Fsp3) is 0.214. The summed E-state index contributed by atoms with van der Waals surface area (Å²) in [5.41, 5.74) is -9.52. The SMILES string of the molecule is N#CC(C#N)=C(C#N)Nc1ccc(C(O)(C(F)(F)F)C(F)(F)F)cc1F. The minimum Gasteiger partial charge on any atom is -0.369 e. The number of nitriles is 3. The molecule has 0 aliphatic heterocycles. The van der Waals surface area contributed by atoms with Gasteiger partial charge in [0.15, 0.2) is 5.57 Å². The third-order valence-electron chi connectivity index (χ3n) is 3.05. The molecule has 1 aromatic carbocycles. The lowest BCUT2D eigenvalue weighted by Crippen LogP contribution is -2.53. The van der Waals surface area contributed by atoms with Crippen molar-refractivity contribution in [3.05, 3.63) is 40.8 Å². The summed E-state index contributed by atoms with van der Waals surface area (Å²) in [6.07, 6.45) is -12.4. The minimum atomic E-state index is -6.20. The molecule has 0 amide bonds. The van der Waals surface area contributed by atoms with Crippen LogP contribution in [0.25, 0.3) is 0 Å². The van der Waals surface area contributed by atoms with Crippen LogP contribution in [0.15, 0.2) is 29.5 Å². The van der Waals surface area contributed by atoms with Crippen molar-refractivity contribution in [1.29, 1.82) is 15.8 Å². The van der Waals surface area contributed by atoms with Gasteiger partial charge in [0.05, 0.1) is 5.69 Å². The second-order valence-electron chi connectivity index (χ2n) is 4.61. The molecule has 5 nitrogen and oxygen atoms in total. The minimum absolute atomic E-state index is 0.139. The largest absolute Gasteiger partial charge is 0.430 e. The zero-order valence-corrected chi connectivity index (χ0v) is 12.2. The maximum absolute atomic E-state index is 13.9. The number of benzene rings is 1. The molecule has 0 fully saturated rings. The highest BCUT2D eigenvalue weighted by Gasteiger charge is 2.71. The van der Waals surface area contributed by atoms with Crippen molar-refractivity contribution in [2.75, 3.05) is 5.32 Å². The van der Waals surface area contributed by atoms with E-state index in [0.717, 1.165) is 0 Å². The Balaban J connectivity index is 3.48. The molecule has 0 unspecified atom stereocenters. The highest BCUT2D eigenvalue weighted by Crippen LogP contribution is 2.50. The molecule has 0 atom stereocenters. The van der Waals surface area contributed by atoms with Gasteiger partial charge in [-0.05, 0) is 12.1 Å². The maximum atomic E-state index is 13.9. The molecular weight excluding hydrogens is 373 g/mol. The summed E-state index contributed by atoms with van der Waals surface area (Å²) in [5.74, 6) is -1.70. The van der Waals surface area contributed by atoms with E-state index in [1.165, 1.54) is 18.2 Å². The van der Waals surface area contributed by atoms with Gasteiger partial charge in [-0.2, -0.15) is 42.1 Å². The van der Waals surface area contributed by atoms with Crippen molar-refractivity contribution in [3.8, 4) is 18.2 Å². The third kappa shape index (κ3) is 3.53. The number of anilines is 1. The molecule has 0 saturated heterocycles. The van der Waals surface area contributed by atoms with Gasteiger partial charge in [-0.25, -0.2) is 4.39 Å². The summed E-state index contributed by atoms with van der Waals surface area (Å²) in [5, 5.41) is 37.1. The van der Waals surface area contributed by atoms with E-state index in [1.807, 2.05) is 5.32 Å². The first-order valence-electron chi connectivity index (χ1n) is 6.21. The normalized spacial score (nSPS) is 11.7. The third-order valence-corrected chi connectivity index (χ3v) is 3.05. The van der Waals surface area contributed by atoms with Crippen molar-refractivity contribution in [3.63, 3.8) is 0 Å². The van der Waals surface area contributed by atoms with Crippen LogP contribution in [0.5, 0.6) is 0 Å². The Morgan fingerprint density at radius 1 is 0.923 bits per heavy atom. The van der Waals surface area contributed by atoms with Crippen molar-refractivity contribution >= 4 is 5.69 Å². The highest BCUT2D eigenvalue weighted by molar-refractivity contribution is 5.59. The van der Waals surface area contributed by atoms with Crippen molar-refractivity contribution in [2.45, 2.75) is 18.0 Å². The first-order valence-corrected chi connectivity index (χ1v) is 6.21. The molecule has 0 bridgehead atoms. The molecule has 0 radical (unpaired) electrons. The van der Waals surface area contributed by atoms with Crippen LogP contribution in [0.3, 0.4) is 0 Å². The second-order valence-corrected chi connectivity index (χ2v) is 4.61. The van der Waals surface area contributed by atoms with Crippen LogP contribution in [0.4, 0.5) is 36.4 Å². The summed E-state index contributed by atoms with van der Waals surface area (Å²) in [7, 11) is 0. The number of halogens is 7. The number of hydrogen-bond donors (Lipinski definition) is 2. The molecule has 0 spiro atoms. The monoisotopic (exact) mass is 378 g/mol. The van der Waals surface area contributed by atoms with Crippen LogP contribution < -0.4 is 5.32 Å². The van der Waals surface area contributed by atoms with Gasteiger partial charge in [0.2, 0.25) is 0 Å². The van der Waals surface area contributed by atoms with Crippen molar-refractivity contribution in [2.24, 2.45) is 0 Å². The fourth-order valence-electron chi connectivity index (χ4n) is 1.75. The average molecular weight is 378 g/mol. The van der Waals surface area contributed by atoms with Crippen LogP contribution in [-0.4, -0.2) is 17.5 Å². The van der Waals surface area contributed by atoms with Gasteiger partial charge in [0.1, 0.15) is 29.7 Å². The molecule has 0 saturated carbocycles. The van der Waals surface area contributed by atoms with Gasteiger partial charge < -0.3 is 10.4 Å². The smallest absolute Gasteiger partial charge is 0.369 e. The van der Waals surface area contributed by atoms with Gasteiger partial charge in [-0.3, -0.25) is 0 Å². The number of allylic oxidation sites excluding steroid dienone is 2. The van der Waals surface area contributed by atoms with Gasteiger partial charge in [-0.15, -0.1) is 0 Å². The van der Waals surface area contributed by atoms with Gasteiger partial charge in [-0.1, -0.05) is 6.07 Å². The summed E-state index contributed by atoms with van der Waals surface area (Å²) >= 11 is 0. The van der Waals surface area contributed by atoms with E-state index in [0.29, 0.717) is 6.07 Å². The molecule has 1 rings (SSSR count). The van der Waals surface area contributed by atoms with Crippen LogP contribution in [0.1, 0.15) is 5.56 Å². The number of nitrogens with one attached hydrogen (secondary N) is 1. The Labute approximate surface area is 140 Å². The Kier molecular flexibility index (Phi) is 5.51. The molecule has 0 aromatic heterocycles. The van der Waals surface area contributed by atoms with Gasteiger partial charge in [0, 0.05) is 5.56 Å². The molecule has 0 aliphatic carbocycles. The second kappa shape index (κ2) is 6.90. The Morgan fingerprint density at radius 2 is 1.42 bits per heavy atom. The fourth-order valence-corrected chi connectivity index (χ4v) is 1.75. The van der Waals surface area contributed by atoms with E-state index >= 15 is 0 Å². The molecule has 0 heterocycles. The van der Waals surface area contributed by atoms with E-state index in [2.05, 4.69) is 0 Å². The van der Waals surface area contributed by atoms with E-state index in [1.54, 1.807) is 0 Å². The first kappa shape index (κ1) is 20.7. The Morgan fingerprint density at radius 3 is 1.77 bits per heavy atom. The number of aliphatic hydroxyl groups is 1. The lowest BCUT2D eigenvalue weighted by atomic mass is 9.92. The standard InChI is InChI=1S/C14H5F7N4O/c15-9-3-8(12(26,13(16,17)18)14(19,20)21)1-2-10(9)25-11(6-24)7(4-22)5-23/h1-3,25-26H. The molecule has 0 aliphatic rings. The lowest BCUT2D eigenvalue weighted by molar-refractivity contribution is -0.376. The summed E-state index contributed by atoms with van der Waals surface area (Å²) in [6.45, 7) is 0. The quantitative estimate of drug-likeness (QED) is 0.620. The number of alkyl halides is 6. The Bertz CT molecular complexity index is 836. The predicted octanol–water partition coefficient (Wildman–Crippen LogP) is 3.37. The van der Waals surface area contributed by atoms with E-state index in [-0.39, 0.29) is 12.1 Å². The number of rotatable bonds is 3. The van der Waals surface area contributed by atoms with Gasteiger partial charge >= 0.3 is 12.4 Å². The summed E-state index contributed by atoms with van der Waals surface area (Å²) < 4.78 is 90.4. The zero-order chi connectivity index (χ0) is 20.3. The van der Waals surface area contributed by atoms with E-state index < -0.39 is 46.3 Å². The first-order chi connectivity index (χ1) is 11.8. The summed E-state index contributed by atoms with van der Waals surface area (Å²) in [4.78, 5) is 0. The molecule has 2 N–H and O–H groups in total. The van der Waals surface area contributed by atoms with Crippen molar-refractivity contribution in [1.82, 2.24) is 0 Å². The number of hydrogen-bond acceptors (Lipinski definition) is 5. The molecule has 136 valence electrons. The molecule has 12 heteroatoms. The van der Waals surface area contributed by atoms with Crippen LogP contribution >= 0.6 is 0 Å². The predicted molar refractivity (Wildman–Crippen MR) is 69.9 cm³/mol. The number of nitrogens with zero attached hydrogens (tertiary/aromatic N) is 3. The Hall–Kier alpha value is -3.30. The van der Waals surface area contributed by atoms with Crippen LogP contribution in [-0.2, 0) is 5.60 Å². The molecule has 26 heavy (non-hydrogen) atoms. The van der Waals surface area contributed by atoms with Crippen molar-refractivity contribution < 1.29 is 35.8 Å². The topological polar surface area (TPSA) is 104 Å². The molecular formula is C14H5F7N4O. The van der Waals surface area contributed by atoms with Crippen LogP contribution in [0, 0.1) is 39.8 Å². The molecule has 1 aromatic rings. The summed E-state index contributed by atoms with van der Waals surface area (Å²) in [6, 6.07) is 4.20. The highest BCUT2D eigenvalue weighted by atomic mass is 19.4. The van der Waals surface area contributed by atoms with Gasteiger partial charge in [0.25, 0.3) is 5.60 Å². The average Bonchev–Trinajstić information content (AvgIpc) is 2.53. The lowest BCUT2D eigenvalue weighted by Gasteiger charge is -2.32. The van der Waals surface area contributed by atoms with E-state index in [9.17, 15) is 35.8 Å². The van der Waals surface area contributed by atoms with E-state index in [4.69, 9.17) is 15.8 Å².